The van der Waals surface area contributed by atoms with Crippen LogP contribution in [0, 0.1) is 11.3 Å². The van der Waals surface area contributed by atoms with Gasteiger partial charge in [-0.3, -0.25) is 4.99 Å². The number of hydrogen-bond acceptors (Lipinski definition) is 2. The summed E-state index contributed by atoms with van der Waals surface area (Å²) in [5.41, 5.74) is 0.287. The van der Waals surface area contributed by atoms with Gasteiger partial charge in [0.05, 0.1) is 13.2 Å². The molecule has 1 aliphatic heterocycles. The van der Waals surface area contributed by atoms with Crippen LogP contribution >= 0.6 is 24.0 Å². The number of guanidine groups is 1. The monoisotopic (exact) mass is 355 g/mol. The highest BCUT2D eigenvalue weighted by atomic mass is 127. The van der Waals surface area contributed by atoms with Crippen LogP contribution in [0.15, 0.2) is 4.99 Å². The van der Waals surface area contributed by atoms with E-state index in [1.807, 2.05) is 7.05 Å². The van der Waals surface area contributed by atoms with E-state index in [0.717, 1.165) is 38.2 Å². The summed E-state index contributed by atoms with van der Waals surface area (Å²) in [6, 6.07) is 0. The lowest BCUT2D eigenvalue weighted by atomic mass is 9.89. The van der Waals surface area contributed by atoms with Gasteiger partial charge in [0.2, 0.25) is 0 Å². The lowest BCUT2D eigenvalue weighted by Gasteiger charge is -2.38. The third kappa shape index (κ3) is 6.45. The maximum Gasteiger partial charge on any atom is 0.190 e. The average Bonchev–Trinajstić information content (AvgIpc) is 2.20. The second-order valence-corrected chi connectivity index (χ2v) is 5.34. The van der Waals surface area contributed by atoms with Crippen LogP contribution in [-0.4, -0.2) is 39.3 Å². The molecule has 0 saturated carbocycles. The van der Waals surface area contributed by atoms with E-state index in [1.54, 1.807) is 0 Å². The van der Waals surface area contributed by atoms with E-state index in [9.17, 15) is 0 Å². The van der Waals surface area contributed by atoms with E-state index in [1.165, 1.54) is 6.42 Å². The van der Waals surface area contributed by atoms with Crippen molar-refractivity contribution in [1.82, 2.24) is 10.6 Å². The molecule has 0 aromatic carbocycles. The van der Waals surface area contributed by atoms with Gasteiger partial charge in [-0.1, -0.05) is 20.8 Å². The lowest BCUT2D eigenvalue weighted by Crippen LogP contribution is -2.51. The first-order valence-corrected chi connectivity index (χ1v) is 6.08. The second kappa shape index (κ2) is 8.13. The molecule has 1 heterocycles. The van der Waals surface area contributed by atoms with Crippen LogP contribution in [0.2, 0.25) is 0 Å². The molecule has 0 aromatic rings. The van der Waals surface area contributed by atoms with Crippen molar-refractivity contribution in [2.24, 2.45) is 16.3 Å². The molecule has 4 nitrogen and oxygen atoms in total. The predicted molar refractivity (Wildman–Crippen MR) is 83.2 cm³/mol. The molecule has 0 atom stereocenters. The Morgan fingerprint density at radius 2 is 2.00 bits per heavy atom. The van der Waals surface area contributed by atoms with Crippen molar-refractivity contribution in [3.05, 3.63) is 0 Å². The zero-order valence-corrected chi connectivity index (χ0v) is 13.7. The third-order valence-electron chi connectivity index (χ3n) is 2.82. The van der Waals surface area contributed by atoms with E-state index in [-0.39, 0.29) is 29.4 Å². The summed E-state index contributed by atoms with van der Waals surface area (Å²) in [5.74, 6) is 1.62. The van der Waals surface area contributed by atoms with Crippen molar-refractivity contribution in [3.8, 4) is 0 Å². The fourth-order valence-electron chi connectivity index (χ4n) is 1.55. The molecule has 5 heteroatoms. The molecule has 17 heavy (non-hydrogen) atoms. The summed E-state index contributed by atoms with van der Waals surface area (Å²) in [4.78, 5) is 4.20. The molecule has 0 radical (unpaired) electrons. The van der Waals surface area contributed by atoms with Crippen LogP contribution in [0.25, 0.3) is 0 Å². The summed E-state index contributed by atoms with van der Waals surface area (Å²) in [5, 5.41) is 6.66. The molecule has 0 spiro atoms. The van der Waals surface area contributed by atoms with Gasteiger partial charge in [0.25, 0.3) is 0 Å². The SMILES string of the molecule is CN=C(NCCC(C)C)NCC1(C)COC1.I. The molecule has 0 aromatic heterocycles. The van der Waals surface area contributed by atoms with Crippen LogP contribution in [0.4, 0.5) is 0 Å². The van der Waals surface area contributed by atoms with Crippen LogP contribution in [-0.2, 0) is 4.74 Å². The van der Waals surface area contributed by atoms with Crippen LogP contribution < -0.4 is 10.6 Å². The Morgan fingerprint density at radius 3 is 2.41 bits per heavy atom. The molecular weight excluding hydrogens is 329 g/mol. The van der Waals surface area contributed by atoms with Gasteiger partial charge < -0.3 is 15.4 Å². The van der Waals surface area contributed by atoms with Crippen molar-refractivity contribution in [3.63, 3.8) is 0 Å². The summed E-state index contributed by atoms with van der Waals surface area (Å²) in [6.45, 7) is 10.3. The standard InChI is InChI=1S/C12H25N3O.HI/c1-10(2)5-6-14-11(13-4)15-7-12(3)8-16-9-12;/h10H,5-9H2,1-4H3,(H2,13,14,15);1H. The van der Waals surface area contributed by atoms with Crippen LogP contribution in [0.5, 0.6) is 0 Å². The molecule has 102 valence electrons. The number of halogens is 1. The fraction of sp³-hybridized carbons (Fsp3) is 0.917. The molecule has 1 rings (SSSR count). The van der Waals surface area contributed by atoms with E-state index in [4.69, 9.17) is 4.74 Å². The highest BCUT2D eigenvalue weighted by Gasteiger charge is 2.33. The summed E-state index contributed by atoms with van der Waals surface area (Å²) >= 11 is 0. The maximum absolute atomic E-state index is 5.22. The number of nitrogens with zero attached hydrogens (tertiary/aromatic N) is 1. The Balaban J connectivity index is 0.00000256. The van der Waals surface area contributed by atoms with Gasteiger partial charge in [-0.2, -0.15) is 0 Å². The average molecular weight is 355 g/mol. The van der Waals surface area contributed by atoms with Gasteiger partial charge >= 0.3 is 0 Å². The van der Waals surface area contributed by atoms with Crippen molar-refractivity contribution >= 4 is 29.9 Å². The predicted octanol–water partition coefficient (Wildman–Crippen LogP) is 1.85. The van der Waals surface area contributed by atoms with Crippen molar-refractivity contribution < 1.29 is 4.74 Å². The largest absolute Gasteiger partial charge is 0.380 e. The van der Waals surface area contributed by atoms with E-state index < -0.39 is 0 Å². The second-order valence-electron chi connectivity index (χ2n) is 5.34. The smallest absolute Gasteiger partial charge is 0.190 e. The zero-order chi connectivity index (χ0) is 12.0. The third-order valence-corrected chi connectivity index (χ3v) is 2.82. The Hall–Kier alpha value is -0.0400. The van der Waals surface area contributed by atoms with Gasteiger partial charge in [0, 0.05) is 25.6 Å². The molecule has 0 bridgehead atoms. The number of nitrogens with one attached hydrogen (secondary N) is 2. The van der Waals surface area contributed by atoms with Gasteiger partial charge in [-0.05, 0) is 12.3 Å². The quantitative estimate of drug-likeness (QED) is 0.450. The number of hydrogen-bond donors (Lipinski definition) is 2. The fourth-order valence-corrected chi connectivity index (χ4v) is 1.55. The Kier molecular flexibility index (Phi) is 8.11. The molecule has 1 aliphatic rings. The number of ether oxygens (including phenoxy) is 1. The zero-order valence-electron chi connectivity index (χ0n) is 11.4. The summed E-state index contributed by atoms with van der Waals surface area (Å²) in [6.07, 6.45) is 1.17. The lowest BCUT2D eigenvalue weighted by molar-refractivity contribution is -0.0971. The molecule has 1 saturated heterocycles. The van der Waals surface area contributed by atoms with Gasteiger partial charge in [-0.25, -0.2) is 0 Å². The highest BCUT2D eigenvalue weighted by molar-refractivity contribution is 14.0. The van der Waals surface area contributed by atoms with Crippen molar-refractivity contribution in [1.29, 1.82) is 0 Å². The topological polar surface area (TPSA) is 45.7 Å². The Bertz CT molecular complexity index is 240. The van der Waals surface area contributed by atoms with Crippen LogP contribution in [0.1, 0.15) is 27.2 Å². The molecule has 1 fully saturated rings. The van der Waals surface area contributed by atoms with E-state index in [0.29, 0.717) is 0 Å². The number of aliphatic imine (C=N–C) groups is 1. The van der Waals surface area contributed by atoms with Crippen LogP contribution in [0.3, 0.4) is 0 Å². The number of rotatable bonds is 5. The van der Waals surface area contributed by atoms with Gasteiger partial charge in [-0.15, -0.1) is 24.0 Å². The summed E-state index contributed by atoms with van der Waals surface area (Å²) in [7, 11) is 1.81. The maximum atomic E-state index is 5.22. The Labute approximate surface area is 122 Å². The van der Waals surface area contributed by atoms with Crippen molar-refractivity contribution in [2.75, 3.05) is 33.4 Å². The molecular formula is C12H26IN3O. The normalized spacial score (nSPS) is 18.3. The Morgan fingerprint density at radius 1 is 1.35 bits per heavy atom. The van der Waals surface area contributed by atoms with E-state index in [2.05, 4.69) is 36.4 Å². The van der Waals surface area contributed by atoms with Crippen molar-refractivity contribution in [2.45, 2.75) is 27.2 Å². The first kappa shape index (κ1) is 17.0. The molecule has 2 N–H and O–H groups in total. The molecule has 0 aliphatic carbocycles. The van der Waals surface area contributed by atoms with E-state index >= 15 is 0 Å². The minimum absolute atomic E-state index is 0. The summed E-state index contributed by atoms with van der Waals surface area (Å²) < 4.78 is 5.22. The molecule has 0 unspecified atom stereocenters. The minimum Gasteiger partial charge on any atom is -0.380 e. The minimum atomic E-state index is 0. The van der Waals surface area contributed by atoms with Gasteiger partial charge in [0.15, 0.2) is 5.96 Å². The molecule has 0 amide bonds. The highest BCUT2D eigenvalue weighted by Crippen LogP contribution is 2.24. The first-order chi connectivity index (χ1) is 7.56. The van der Waals surface area contributed by atoms with Gasteiger partial charge in [0.1, 0.15) is 0 Å². The first-order valence-electron chi connectivity index (χ1n) is 6.08.